The van der Waals surface area contributed by atoms with Crippen molar-refractivity contribution in [3.8, 4) is 5.75 Å². The summed E-state index contributed by atoms with van der Waals surface area (Å²) in [5, 5.41) is 0. The minimum atomic E-state index is -0.600. The van der Waals surface area contributed by atoms with Crippen LogP contribution in [0.5, 0.6) is 5.75 Å². The molecule has 5 heteroatoms. The molecular weight excluding hydrogens is 302 g/mol. The number of hydrogen-bond donors (Lipinski definition) is 1. The predicted octanol–water partition coefficient (Wildman–Crippen LogP) is 1.87. The quantitative estimate of drug-likeness (QED) is 0.895. The number of benzene rings is 1. The molecule has 1 aromatic carbocycles. The van der Waals surface area contributed by atoms with E-state index in [0.717, 1.165) is 64.2 Å². The fourth-order valence-corrected chi connectivity index (χ4v) is 3.70. The molecule has 1 aliphatic carbocycles. The smallest absolute Gasteiger partial charge is 0.242 e. The van der Waals surface area contributed by atoms with Crippen molar-refractivity contribution in [3.05, 3.63) is 30.3 Å². The second-order valence-electron chi connectivity index (χ2n) is 7.01. The number of carbonyl (C=O) groups is 1. The molecule has 132 valence electrons. The van der Waals surface area contributed by atoms with Gasteiger partial charge in [-0.1, -0.05) is 37.5 Å². The molecule has 0 aromatic heterocycles. The highest BCUT2D eigenvalue weighted by Gasteiger charge is 2.39. The highest BCUT2D eigenvalue weighted by atomic mass is 16.5. The Morgan fingerprint density at radius 1 is 1.04 bits per heavy atom. The zero-order valence-electron chi connectivity index (χ0n) is 14.5. The van der Waals surface area contributed by atoms with Crippen LogP contribution in [0.25, 0.3) is 0 Å². The second-order valence-corrected chi connectivity index (χ2v) is 7.01. The van der Waals surface area contributed by atoms with Gasteiger partial charge in [0.1, 0.15) is 12.4 Å². The van der Waals surface area contributed by atoms with Gasteiger partial charge < -0.3 is 15.4 Å². The fourth-order valence-electron chi connectivity index (χ4n) is 3.70. The van der Waals surface area contributed by atoms with Gasteiger partial charge in [-0.15, -0.1) is 0 Å². The van der Waals surface area contributed by atoms with E-state index in [1.165, 1.54) is 6.42 Å². The number of ether oxygens (including phenoxy) is 1. The lowest BCUT2D eigenvalue weighted by atomic mass is 9.81. The van der Waals surface area contributed by atoms with Gasteiger partial charge in [0.25, 0.3) is 0 Å². The molecule has 2 aliphatic rings. The van der Waals surface area contributed by atoms with Crippen LogP contribution in [-0.2, 0) is 4.79 Å². The SMILES string of the molecule is NC1(C(=O)N2CCN(CCOc3ccccc3)CC2)CCCCC1. The van der Waals surface area contributed by atoms with E-state index in [1.807, 2.05) is 35.2 Å². The van der Waals surface area contributed by atoms with E-state index in [4.69, 9.17) is 10.5 Å². The number of piperazine rings is 1. The van der Waals surface area contributed by atoms with Gasteiger partial charge >= 0.3 is 0 Å². The van der Waals surface area contributed by atoms with Gasteiger partial charge in [0, 0.05) is 32.7 Å². The summed E-state index contributed by atoms with van der Waals surface area (Å²) in [6.45, 7) is 4.94. The molecule has 0 unspecified atom stereocenters. The van der Waals surface area contributed by atoms with Gasteiger partial charge in [-0.25, -0.2) is 0 Å². The van der Waals surface area contributed by atoms with Gasteiger partial charge in [0.15, 0.2) is 0 Å². The third-order valence-electron chi connectivity index (χ3n) is 5.25. The van der Waals surface area contributed by atoms with Gasteiger partial charge in [0.05, 0.1) is 5.54 Å². The Balaban J connectivity index is 1.40. The van der Waals surface area contributed by atoms with Crippen LogP contribution in [-0.4, -0.2) is 60.6 Å². The number of carbonyl (C=O) groups excluding carboxylic acids is 1. The average molecular weight is 331 g/mol. The maximum atomic E-state index is 12.7. The third-order valence-corrected chi connectivity index (χ3v) is 5.25. The van der Waals surface area contributed by atoms with E-state index in [1.54, 1.807) is 0 Å². The second kappa shape index (κ2) is 7.99. The van der Waals surface area contributed by atoms with Crippen LogP contribution in [0.2, 0.25) is 0 Å². The fraction of sp³-hybridized carbons (Fsp3) is 0.632. The molecule has 1 aliphatic heterocycles. The minimum absolute atomic E-state index is 0.169. The summed E-state index contributed by atoms with van der Waals surface area (Å²) in [5.41, 5.74) is 5.79. The van der Waals surface area contributed by atoms with Crippen molar-refractivity contribution in [1.29, 1.82) is 0 Å². The summed E-state index contributed by atoms with van der Waals surface area (Å²) in [7, 11) is 0. The molecule has 1 saturated carbocycles. The van der Waals surface area contributed by atoms with Gasteiger partial charge in [0.2, 0.25) is 5.91 Å². The van der Waals surface area contributed by atoms with E-state index in [0.29, 0.717) is 6.61 Å². The van der Waals surface area contributed by atoms with Crippen LogP contribution in [0.15, 0.2) is 30.3 Å². The Hall–Kier alpha value is -1.59. The summed E-state index contributed by atoms with van der Waals surface area (Å²) < 4.78 is 5.75. The Labute approximate surface area is 144 Å². The van der Waals surface area contributed by atoms with E-state index >= 15 is 0 Å². The monoisotopic (exact) mass is 331 g/mol. The normalized spacial score (nSPS) is 21.5. The molecule has 0 spiro atoms. The van der Waals surface area contributed by atoms with E-state index in [2.05, 4.69) is 4.90 Å². The third kappa shape index (κ3) is 4.28. The van der Waals surface area contributed by atoms with E-state index < -0.39 is 5.54 Å². The van der Waals surface area contributed by atoms with Gasteiger partial charge in [-0.05, 0) is 25.0 Å². The largest absolute Gasteiger partial charge is 0.492 e. The van der Waals surface area contributed by atoms with Crippen LogP contribution in [0.3, 0.4) is 0 Å². The van der Waals surface area contributed by atoms with Crippen molar-refractivity contribution in [3.63, 3.8) is 0 Å². The first-order valence-corrected chi connectivity index (χ1v) is 9.16. The molecule has 2 fully saturated rings. The standard InChI is InChI=1S/C19H29N3O2/c20-19(9-5-2-6-10-19)18(23)22-13-11-21(12-14-22)15-16-24-17-7-3-1-4-8-17/h1,3-4,7-8H,2,5-6,9-16,20H2. The average Bonchev–Trinajstić information content (AvgIpc) is 2.63. The molecular formula is C19H29N3O2. The molecule has 0 atom stereocenters. The van der Waals surface area contributed by atoms with Gasteiger partial charge in [-0.2, -0.15) is 0 Å². The molecule has 1 amide bonds. The lowest BCUT2D eigenvalue weighted by Crippen LogP contribution is -2.60. The molecule has 3 rings (SSSR count). The minimum Gasteiger partial charge on any atom is -0.492 e. The van der Waals surface area contributed by atoms with Crippen molar-refractivity contribution >= 4 is 5.91 Å². The first kappa shape index (κ1) is 17.2. The van der Waals surface area contributed by atoms with Crippen LogP contribution in [0.4, 0.5) is 0 Å². The number of rotatable bonds is 5. The molecule has 24 heavy (non-hydrogen) atoms. The maximum Gasteiger partial charge on any atom is 0.242 e. The van der Waals surface area contributed by atoms with E-state index in [-0.39, 0.29) is 5.91 Å². The highest BCUT2D eigenvalue weighted by molar-refractivity contribution is 5.86. The van der Waals surface area contributed by atoms with Crippen LogP contribution < -0.4 is 10.5 Å². The topological polar surface area (TPSA) is 58.8 Å². The summed E-state index contributed by atoms with van der Waals surface area (Å²) in [4.78, 5) is 17.1. The number of para-hydroxylation sites is 1. The zero-order valence-corrected chi connectivity index (χ0v) is 14.5. The van der Waals surface area contributed by atoms with Crippen molar-refractivity contribution in [2.75, 3.05) is 39.3 Å². The lowest BCUT2D eigenvalue weighted by Gasteiger charge is -2.41. The molecule has 0 radical (unpaired) electrons. The first-order chi connectivity index (χ1) is 11.7. The summed E-state index contributed by atoms with van der Waals surface area (Å²) in [6, 6.07) is 9.89. The molecule has 1 saturated heterocycles. The van der Waals surface area contributed by atoms with Gasteiger partial charge in [-0.3, -0.25) is 9.69 Å². The molecule has 5 nitrogen and oxygen atoms in total. The zero-order chi connectivity index (χ0) is 16.8. The predicted molar refractivity (Wildman–Crippen MR) is 95.0 cm³/mol. The maximum absolute atomic E-state index is 12.7. The Bertz CT molecular complexity index is 521. The Kier molecular flexibility index (Phi) is 5.74. The molecule has 1 aromatic rings. The first-order valence-electron chi connectivity index (χ1n) is 9.16. The van der Waals surface area contributed by atoms with Crippen molar-refractivity contribution in [2.24, 2.45) is 5.73 Å². The lowest BCUT2D eigenvalue weighted by molar-refractivity contribution is -0.140. The Morgan fingerprint density at radius 3 is 2.38 bits per heavy atom. The summed E-state index contributed by atoms with van der Waals surface area (Å²) in [6.07, 6.45) is 5.06. The molecule has 0 bridgehead atoms. The molecule has 2 N–H and O–H groups in total. The summed E-state index contributed by atoms with van der Waals surface area (Å²) in [5.74, 6) is 1.08. The number of nitrogens with zero attached hydrogens (tertiary/aromatic N) is 2. The summed E-state index contributed by atoms with van der Waals surface area (Å²) >= 11 is 0. The highest BCUT2D eigenvalue weighted by Crippen LogP contribution is 2.28. The number of nitrogens with two attached hydrogens (primary N) is 1. The van der Waals surface area contributed by atoms with Crippen LogP contribution in [0, 0.1) is 0 Å². The van der Waals surface area contributed by atoms with Crippen LogP contribution in [0.1, 0.15) is 32.1 Å². The van der Waals surface area contributed by atoms with Crippen molar-refractivity contribution < 1.29 is 9.53 Å². The number of amides is 1. The van der Waals surface area contributed by atoms with Crippen LogP contribution >= 0.6 is 0 Å². The Morgan fingerprint density at radius 2 is 1.71 bits per heavy atom. The number of hydrogen-bond acceptors (Lipinski definition) is 4. The van der Waals surface area contributed by atoms with E-state index in [9.17, 15) is 4.79 Å². The van der Waals surface area contributed by atoms with Crippen molar-refractivity contribution in [2.45, 2.75) is 37.6 Å². The molecule has 1 heterocycles. The van der Waals surface area contributed by atoms with Crippen molar-refractivity contribution in [1.82, 2.24) is 9.80 Å².